The Morgan fingerprint density at radius 2 is 2.04 bits per heavy atom. The van der Waals surface area contributed by atoms with Gasteiger partial charge < -0.3 is 10.4 Å². The van der Waals surface area contributed by atoms with Gasteiger partial charge in [0, 0.05) is 15.2 Å². The summed E-state index contributed by atoms with van der Waals surface area (Å²) in [5, 5.41) is 12.5. The van der Waals surface area contributed by atoms with Crippen molar-refractivity contribution in [2.24, 2.45) is 5.92 Å². The lowest BCUT2D eigenvalue weighted by molar-refractivity contribution is -0.145. The molecule has 144 valence electrons. The normalized spacial score (nSPS) is 14.7. The molecule has 3 rings (SSSR count). The summed E-state index contributed by atoms with van der Waals surface area (Å²) < 4.78 is 29.4. The van der Waals surface area contributed by atoms with Crippen LogP contribution < -0.4 is 10.8 Å². The summed E-state index contributed by atoms with van der Waals surface area (Å²) in [6, 6.07) is 6.54. The highest BCUT2D eigenvalue weighted by molar-refractivity contribution is 14.1. The third-order valence-electron chi connectivity index (χ3n) is 4.15. The van der Waals surface area contributed by atoms with E-state index in [1.54, 1.807) is 12.1 Å². The molecule has 1 fully saturated rings. The summed E-state index contributed by atoms with van der Waals surface area (Å²) in [5.74, 6) is -3.14. The number of anilines is 2. The maximum absolute atomic E-state index is 14.6. The fraction of sp³-hybridized carbons (Fsp3) is 0.278. The van der Waals surface area contributed by atoms with Gasteiger partial charge in [0.25, 0.3) is 5.91 Å². The number of halogens is 4. The van der Waals surface area contributed by atoms with Crippen LogP contribution >= 0.6 is 38.5 Å². The predicted octanol–water partition coefficient (Wildman–Crippen LogP) is 4.77. The molecule has 0 aliphatic heterocycles. The first kappa shape index (κ1) is 20.4. The largest absolute Gasteiger partial charge is 0.366 e. The van der Waals surface area contributed by atoms with Crippen LogP contribution in [0.1, 0.15) is 28.8 Å². The van der Waals surface area contributed by atoms with E-state index < -0.39 is 23.8 Å². The Hall–Kier alpha value is -1.30. The van der Waals surface area contributed by atoms with Crippen LogP contribution in [-0.4, -0.2) is 17.3 Å². The SMILES string of the molecule is Cc1cc(I)ccc1Nc1c(C(=O)NOC(O)C2CC2)cc(Br)c(F)c1F. The van der Waals surface area contributed by atoms with Crippen molar-refractivity contribution in [1.82, 2.24) is 5.48 Å². The van der Waals surface area contributed by atoms with Gasteiger partial charge in [0.15, 0.2) is 17.9 Å². The molecule has 1 aliphatic carbocycles. The molecule has 3 N–H and O–H groups in total. The van der Waals surface area contributed by atoms with Crippen LogP contribution in [0.2, 0.25) is 0 Å². The minimum Gasteiger partial charge on any atom is -0.366 e. The van der Waals surface area contributed by atoms with Crippen LogP contribution in [0, 0.1) is 28.0 Å². The number of hydrogen-bond donors (Lipinski definition) is 3. The minimum absolute atomic E-state index is 0.0194. The highest BCUT2D eigenvalue weighted by Gasteiger charge is 2.32. The number of carbonyl (C=O) groups is 1. The van der Waals surface area contributed by atoms with E-state index in [9.17, 15) is 18.7 Å². The van der Waals surface area contributed by atoms with Crippen molar-refractivity contribution in [1.29, 1.82) is 0 Å². The van der Waals surface area contributed by atoms with Gasteiger partial charge in [-0.15, -0.1) is 0 Å². The summed E-state index contributed by atoms with van der Waals surface area (Å²) in [6.45, 7) is 1.81. The second-order valence-electron chi connectivity index (χ2n) is 6.27. The number of rotatable bonds is 6. The Balaban J connectivity index is 1.91. The third-order valence-corrected chi connectivity index (χ3v) is 5.40. The van der Waals surface area contributed by atoms with Crippen molar-refractivity contribution in [2.45, 2.75) is 26.1 Å². The quantitative estimate of drug-likeness (QED) is 0.209. The average molecular weight is 553 g/mol. The Labute approximate surface area is 176 Å². The van der Waals surface area contributed by atoms with E-state index in [1.807, 2.05) is 13.0 Å². The molecular weight excluding hydrogens is 537 g/mol. The van der Waals surface area contributed by atoms with Crippen LogP contribution in [0.25, 0.3) is 0 Å². The molecule has 2 aromatic carbocycles. The smallest absolute Gasteiger partial charge is 0.277 e. The van der Waals surface area contributed by atoms with E-state index in [0.717, 1.165) is 28.0 Å². The fourth-order valence-electron chi connectivity index (χ4n) is 2.44. The topological polar surface area (TPSA) is 70.6 Å². The number of hydrogen-bond acceptors (Lipinski definition) is 4. The van der Waals surface area contributed by atoms with Crippen LogP contribution in [-0.2, 0) is 4.84 Å². The van der Waals surface area contributed by atoms with E-state index >= 15 is 0 Å². The third kappa shape index (κ3) is 4.76. The molecule has 1 atom stereocenters. The Bertz CT molecular complexity index is 893. The van der Waals surface area contributed by atoms with Gasteiger partial charge in [0.2, 0.25) is 0 Å². The first-order valence-corrected chi connectivity index (χ1v) is 10.00. The van der Waals surface area contributed by atoms with E-state index in [0.29, 0.717) is 5.69 Å². The van der Waals surface area contributed by atoms with Crippen LogP contribution in [0.4, 0.5) is 20.2 Å². The maximum Gasteiger partial charge on any atom is 0.277 e. The second kappa shape index (κ2) is 8.38. The second-order valence-corrected chi connectivity index (χ2v) is 8.37. The van der Waals surface area contributed by atoms with Crippen LogP contribution in [0.15, 0.2) is 28.7 Å². The highest BCUT2D eigenvalue weighted by atomic mass is 127. The molecule has 0 spiro atoms. The average Bonchev–Trinajstić information content (AvgIpc) is 3.46. The summed E-state index contributed by atoms with van der Waals surface area (Å²) in [4.78, 5) is 17.4. The van der Waals surface area contributed by atoms with Gasteiger partial charge in [0.1, 0.15) is 0 Å². The van der Waals surface area contributed by atoms with Crippen molar-refractivity contribution >= 4 is 55.8 Å². The predicted molar refractivity (Wildman–Crippen MR) is 109 cm³/mol. The number of hydroxylamine groups is 1. The van der Waals surface area contributed by atoms with Gasteiger partial charge in [-0.2, -0.15) is 0 Å². The van der Waals surface area contributed by atoms with Crippen molar-refractivity contribution in [3.8, 4) is 0 Å². The molecule has 1 aliphatic rings. The summed E-state index contributed by atoms with van der Waals surface area (Å²) >= 11 is 5.05. The zero-order valence-electron chi connectivity index (χ0n) is 14.2. The van der Waals surface area contributed by atoms with Gasteiger partial charge in [-0.25, -0.2) is 19.1 Å². The Kier molecular flexibility index (Phi) is 6.34. The molecule has 0 saturated heterocycles. The fourth-order valence-corrected chi connectivity index (χ4v) is 3.49. The Morgan fingerprint density at radius 1 is 1.33 bits per heavy atom. The molecule has 9 heteroatoms. The molecular formula is C18H16BrF2IN2O3. The number of aliphatic hydroxyl groups is 1. The summed E-state index contributed by atoms with van der Waals surface area (Å²) in [6.07, 6.45) is 0.497. The minimum atomic E-state index is -1.20. The zero-order valence-corrected chi connectivity index (χ0v) is 17.9. The molecule has 1 saturated carbocycles. The van der Waals surface area contributed by atoms with Crippen LogP contribution in [0.5, 0.6) is 0 Å². The van der Waals surface area contributed by atoms with Crippen LogP contribution in [0.3, 0.4) is 0 Å². The van der Waals surface area contributed by atoms with E-state index in [2.05, 4.69) is 49.3 Å². The molecule has 27 heavy (non-hydrogen) atoms. The molecule has 0 bridgehead atoms. The first-order chi connectivity index (χ1) is 12.8. The van der Waals surface area contributed by atoms with Crippen molar-refractivity contribution in [2.75, 3.05) is 5.32 Å². The number of benzene rings is 2. The number of amides is 1. The number of aliphatic hydroxyl groups excluding tert-OH is 1. The lowest BCUT2D eigenvalue weighted by Crippen LogP contribution is -2.31. The molecule has 1 amide bonds. The summed E-state index contributed by atoms with van der Waals surface area (Å²) in [5.41, 5.74) is 2.95. The number of aryl methyl sites for hydroxylation is 1. The van der Waals surface area contributed by atoms with Gasteiger partial charge in [-0.3, -0.25) is 4.79 Å². The standard InChI is InChI=1S/C18H16BrF2IN2O3/c1-8-6-10(22)4-5-13(8)23-16-11(7-12(19)14(20)15(16)21)17(25)24-27-18(26)9-2-3-9/h4-7,9,18,23,26H,2-3H2,1H3,(H,24,25). The molecule has 0 heterocycles. The van der Waals surface area contributed by atoms with Gasteiger partial charge in [-0.05, 0) is 88.1 Å². The molecule has 1 unspecified atom stereocenters. The highest BCUT2D eigenvalue weighted by Crippen LogP contribution is 2.34. The molecule has 0 radical (unpaired) electrons. The molecule has 2 aromatic rings. The van der Waals surface area contributed by atoms with Gasteiger partial charge in [0.05, 0.1) is 15.7 Å². The summed E-state index contributed by atoms with van der Waals surface area (Å²) in [7, 11) is 0. The maximum atomic E-state index is 14.6. The molecule has 5 nitrogen and oxygen atoms in total. The molecule has 0 aromatic heterocycles. The van der Waals surface area contributed by atoms with Gasteiger partial charge >= 0.3 is 0 Å². The van der Waals surface area contributed by atoms with Crippen molar-refractivity contribution in [3.05, 3.63) is 55.1 Å². The van der Waals surface area contributed by atoms with E-state index in [4.69, 9.17) is 4.84 Å². The van der Waals surface area contributed by atoms with E-state index in [1.165, 1.54) is 0 Å². The first-order valence-electron chi connectivity index (χ1n) is 8.12. The lowest BCUT2D eigenvalue weighted by atomic mass is 10.1. The number of carbonyl (C=O) groups excluding carboxylic acids is 1. The van der Waals surface area contributed by atoms with Crippen molar-refractivity contribution in [3.63, 3.8) is 0 Å². The lowest BCUT2D eigenvalue weighted by Gasteiger charge is -2.17. The Morgan fingerprint density at radius 3 is 2.67 bits per heavy atom. The van der Waals surface area contributed by atoms with Gasteiger partial charge in [-0.1, -0.05) is 0 Å². The number of nitrogens with one attached hydrogen (secondary N) is 2. The zero-order chi connectivity index (χ0) is 19.7. The van der Waals surface area contributed by atoms with Crippen molar-refractivity contribution < 1.29 is 23.5 Å². The van der Waals surface area contributed by atoms with E-state index in [-0.39, 0.29) is 21.6 Å². The monoisotopic (exact) mass is 552 g/mol.